The lowest BCUT2D eigenvalue weighted by Gasteiger charge is -2.39. The molecule has 1 spiro atoms. The molecular formula is C35H39F3N6O3. The molecule has 0 radical (unpaired) electrons. The topological polar surface area (TPSA) is 105 Å². The number of aliphatic carboxylic acids is 1. The second-order valence-corrected chi connectivity index (χ2v) is 13.1. The second kappa shape index (κ2) is 12.6. The van der Waals surface area contributed by atoms with Crippen LogP contribution in [0.4, 0.5) is 19.0 Å². The summed E-state index contributed by atoms with van der Waals surface area (Å²) in [5.74, 6) is 0.0296. The normalized spacial score (nSPS) is 18.6. The number of alkyl halides is 3. The monoisotopic (exact) mass is 648 g/mol. The van der Waals surface area contributed by atoms with Crippen LogP contribution in [-0.2, 0) is 4.79 Å². The fraction of sp³-hybridized carbons (Fsp3) is 0.429. The number of rotatable bonds is 8. The van der Waals surface area contributed by atoms with Crippen LogP contribution in [0.25, 0.3) is 16.8 Å². The summed E-state index contributed by atoms with van der Waals surface area (Å²) < 4.78 is 52.0. The van der Waals surface area contributed by atoms with Crippen molar-refractivity contribution in [2.45, 2.75) is 71.2 Å². The summed E-state index contributed by atoms with van der Waals surface area (Å²) in [7, 11) is 0. The zero-order valence-corrected chi connectivity index (χ0v) is 26.9. The van der Waals surface area contributed by atoms with E-state index < -0.39 is 24.3 Å². The lowest BCUT2D eigenvalue weighted by atomic mass is 9.76. The minimum absolute atomic E-state index is 0.0937. The minimum atomic E-state index is -4.78. The predicted octanol–water partition coefficient (Wildman–Crippen LogP) is 6.79. The van der Waals surface area contributed by atoms with Crippen molar-refractivity contribution in [1.82, 2.24) is 25.1 Å². The molecule has 47 heavy (non-hydrogen) atoms. The number of aromatic nitrogens is 4. The van der Waals surface area contributed by atoms with Crippen molar-refractivity contribution in [3.05, 3.63) is 83.4 Å². The van der Waals surface area contributed by atoms with Gasteiger partial charge in [-0.2, -0.15) is 23.3 Å². The van der Waals surface area contributed by atoms with Gasteiger partial charge in [0.1, 0.15) is 17.7 Å². The van der Waals surface area contributed by atoms with Crippen LogP contribution in [0.1, 0.15) is 67.8 Å². The first-order valence-electron chi connectivity index (χ1n) is 15.9. The number of carbonyl (C=O) groups is 1. The molecule has 2 aliphatic rings. The summed E-state index contributed by atoms with van der Waals surface area (Å²) in [6, 6.07) is 15.5. The molecule has 2 aliphatic heterocycles. The van der Waals surface area contributed by atoms with E-state index in [0.29, 0.717) is 43.5 Å². The summed E-state index contributed by atoms with van der Waals surface area (Å²) in [5, 5.41) is 17.0. The van der Waals surface area contributed by atoms with Crippen LogP contribution in [0, 0.1) is 19.3 Å². The van der Waals surface area contributed by atoms with Crippen molar-refractivity contribution in [1.29, 1.82) is 0 Å². The Bertz CT molecular complexity index is 1760. The lowest BCUT2D eigenvalue weighted by Crippen LogP contribution is -2.41. The third kappa shape index (κ3) is 6.97. The highest BCUT2D eigenvalue weighted by Gasteiger charge is 2.46. The van der Waals surface area contributed by atoms with Gasteiger partial charge in [-0.1, -0.05) is 50.2 Å². The first kappa shape index (κ1) is 32.5. The highest BCUT2D eigenvalue weighted by atomic mass is 19.4. The largest absolute Gasteiger partial charge is 0.480 e. The molecule has 0 aliphatic carbocycles. The Kier molecular flexibility index (Phi) is 8.73. The molecule has 2 saturated heterocycles. The zero-order valence-electron chi connectivity index (χ0n) is 26.9. The molecule has 4 aromatic rings. The molecule has 0 saturated carbocycles. The number of hydrogen-bond acceptors (Lipinski definition) is 7. The summed E-state index contributed by atoms with van der Waals surface area (Å²) >= 11 is 0. The average Bonchev–Trinajstić information content (AvgIpc) is 3.66. The quantitative estimate of drug-likeness (QED) is 0.215. The van der Waals surface area contributed by atoms with E-state index in [1.165, 1.54) is 16.8 Å². The minimum Gasteiger partial charge on any atom is -0.480 e. The highest BCUT2D eigenvalue weighted by molar-refractivity contribution is 5.74. The Morgan fingerprint density at radius 1 is 1.04 bits per heavy atom. The number of piperidine rings is 1. The molecule has 0 amide bonds. The van der Waals surface area contributed by atoms with Gasteiger partial charge in [0, 0.05) is 37.5 Å². The third-order valence-corrected chi connectivity index (χ3v) is 9.31. The number of nitrogens with zero attached hydrogens (tertiary/aromatic N) is 5. The van der Waals surface area contributed by atoms with Gasteiger partial charge in [0.15, 0.2) is 0 Å². The number of carboxylic acid groups (broad SMARTS) is 1. The van der Waals surface area contributed by atoms with Gasteiger partial charge in [0.25, 0.3) is 0 Å². The second-order valence-electron chi connectivity index (χ2n) is 13.1. The molecule has 4 heterocycles. The van der Waals surface area contributed by atoms with Crippen molar-refractivity contribution in [2.75, 3.05) is 24.5 Å². The van der Waals surface area contributed by atoms with Gasteiger partial charge in [-0.25, -0.2) is 9.67 Å². The van der Waals surface area contributed by atoms with E-state index in [0.717, 1.165) is 29.5 Å². The molecule has 2 fully saturated rings. The number of halogens is 3. The molecular weight excluding hydrogens is 609 g/mol. The predicted molar refractivity (Wildman–Crippen MR) is 172 cm³/mol. The summed E-state index contributed by atoms with van der Waals surface area (Å²) in [5.41, 5.74) is 3.49. The standard InChI is InChI=1S/C35H39F3N6O3/c1-21(2)24-6-5-7-25(16-24)26-8-9-27(29(17-26)44-13-10-22(3)42-44)32(35(36,37)38)47-31-18-30(40-23(4)41-31)43-14-11-34(12-15-43)19-28(33(45)46)39-20-34/h5-10,13,16-18,21,28,32,39H,11-12,14-15,19-20H2,1-4H3,(H,45,46)/t28-,32+/m0/s1. The van der Waals surface area contributed by atoms with Gasteiger partial charge in [-0.15, -0.1) is 0 Å². The molecule has 6 rings (SSSR count). The highest BCUT2D eigenvalue weighted by Crippen LogP contribution is 2.43. The number of benzene rings is 2. The molecule has 0 unspecified atom stereocenters. The number of hydrogen-bond donors (Lipinski definition) is 2. The molecule has 12 heteroatoms. The van der Waals surface area contributed by atoms with Crippen molar-refractivity contribution in [3.63, 3.8) is 0 Å². The molecule has 2 aromatic carbocycles. The van der Waals surface area contributed by atoms with Crippen molar-refractivity contribution in [2.24, 2.45) is 5.41 Å². The van der Waals surface area contributed by atoms with Gasteiger partial charge >= 0.3 is 12.1 Å². The van der Waals surface area contributed by atoms with Gasteiger partial charge in [0.2, 0.25) is 12.0 Å². The maximum Gasteiger partial charge on any atom is 0.429 e. The number of carboxylic acids is 1. The van der Waals surface area contributed by atoms with Gasteiger partial charge < -0.3 is 20.1 Å². The van der Waals surface area contributed by atoms with Gasteiger partial charge in [-0.05, 0) is 73.3 Å². The van der Waals surface area contributed by atoms with E-state index >= 15 is 0 Å². The van der Waals surface area contributed by atoms with Crippen LogP contribution in [0.5, 0.6) is 5.88 Å². The Labute approximate surface area is 271 Å². The fourth-order valence-corrected chi connectivity index (χ4v) is 6.63. The van der Waals surface area contributed by atoms with Gasteiger partial charge in [0.05, 0.1) is 11.4 Å². The number of nitrogens with one attached hydrogen (secondary N) is 1. The van der Waals surface area contributed by atoms with Crippen molar-refractivity contribution < 1.29 is 27.8 Å². The van der Waals surface area contributed by atoms with Crippen LogP contribution in [0.15, 0.2) is 60.8 Å². The Hall–Kier alpha value is -4.45. The summed E-state index contributed by atoms with van der Waals surface area (Å²) in [4.78, 5) is 22.2. The summed E-state index contributed by atoms with van der Waals surface area (Å²) in [6.07, 6.45) is -3.42. The van der Waals surface area contributed by atoms with Crippen LogP contribution < -0.4 is 15.0 Å². The maximum absolute atomic E-state index is 14.9. The number of aryl methyl sites for hydroxylation is 2. The molecule has 248 valence electrons. The van der Waals surface area contributed by atoms with Crippen LogP contribution in [0.2, 0.25) is 0 Å². The Morgan fingerprint density at radius 2 is 1.79 bits per heavy atom. The Balaban J connectivity index is 1.31. The van der Waals surface area contributed by atoms with Crippen LogP contribution in [0.3, 0.4) is 0 Å². The van der Waals surface area contributed by atoms with E-state index in [9.17, 15) is 23.1 Å². The van der Waals surface area contributed by atoms with Gasteiger partial charge in [-0.3, -0.25) is 4.79 Å². The smallest absolute Gasteiger partial charge is 0.429 e. The van der Waals surface area contributed by atoms with E-state index in [2.05, 4.69) is 40.3 Å². The number of anilines is 1. The number of ether oxygens (including phenoxy) is 1. The lowest BCUT2D eigenvalue weighted by molar-refractivity contribution is -0.198. The van der Waals surface area contributed by atoms with E-state index in [4.69, 9.17) is 4.74 Å². The van der Waals surface area contributed by atoms with Crippen molar-refractivity contribution >= 4 is 11.8 Å². The Morgan fingerprint density at radius 3 is 2.43 bits per heavy atom. The van der Waals surface area contributed by atoms with E-state index in [-0.39, 0.29) is 28.4 Å². The zero-order chi connectivity index (χ0) is 33.5. The fourth-order valence-electron chi connectivity index (χ4n) is 6.63. The first-order valence-corrected chi connectivity index (χ1v) is 15.9. The van der Waals surface area contributed by atoms with E-state index in [1.807, 2.05) is 23.1 Å². The van der Waals surface area contributed by atoms with E-state index in [1.54, 1.807) is 38.2 Å². The third-order valence-electron chi connectivity index (χ3n) is 9.31. The van der Waals surface area contributed by atoms with Crippen LogP contribution >= 0.6 is 0 Å². The maximum atomic E-state index is 14.9. The average molecular weight is 649 g/mol. The summed E-state index contributed by atoms with van der Waals surface area (Å²) in [6.45, 7) is 9.41. The molecule has 0 bridgehead atoms. The van der Waals surface area contributed by atoms with Crippen molar-refractivity contribution in [3.8, 4) is 22.7 Å². The molecule has 2 N–H and O–H groups in total. The first-order chi connectivity index (χ1) is 22.3. The molecule has 2 aromatic heterocycles. The SMILES string of the molecule is Cc1ccn(-c2cc(-c3cccc(C(C)C)c3)ccc2[C@@H](Oc2cc(N3CCC4(CC3)CN[C@H](C(=O)O)C4)nc(C)n2)C(F)(F)F)n1. The molecule has 9 nitrogen and oxygen atoms in total. The molecule has 2 atom stereocenters. The van der Waals surface area contributed by atoms with Crippen LogP contribution in [-0.4, -0.2) is 62.7 Å².